The summed E-state index contributed by atoms with van der Waals surface area (Å²) in [6.45, 7) is 5.83. The number of nitrogens with one attached hydrogen (secondary N) is 1. The molecule has 1 aromatic rings. The maximum absolute atomic E-state index is 3.33. The number of nitrogens with zero attached hydrogens (tertiary/aromatic N) is 1. The normalized spacial score (nSPS) is 22.1. The van der Waals surface area contributed by atoms with E-state index in [1.54, 1.807) is 0 Å². The lowest BCUT2D eigenvalue weighted by Gasteiger charge is -2.45. The number of hydrogen-bond acceptors (Lipinski definition) is 2. The van der Waals surface area contributed by atoms with Crippen molar-refractivity contribution in [2.24, 2.45) is 5.92 Å². The fourth-order valence-electron chi connectivity index (χ4n) is 2.82. The van der Waals surface area contributed by atoms with Gasteiger partial charge in [0, 0.05) is 19.1 Å². The number of likely N-dealkylation sites (tertiary alicyclic amines) is 1. The molecule has 0 saturated carbocycles. The molecule has 1 heterocycles. The van der Waals surface area contributed by atoms with Crippen molar-refractivity contribution >= 4 is 0 Å². The highest BCUT2D eigenvalue weighted by molar-refractivity contribution is 5.15. The monoisotopic (exact) mass is 232 g/mol. The molecule has 0 bridgehead atoms. The summed E-state index contributed by atoms with van der Waals surface area (Å²) in [6, 6.07) is 11.6. The van der Waals surface area contributed by atoms with Gasteiger partial charge in [-0.2, -0.15) is 0 Å². The van der Waals surface area contributed by atoms with Gasteiger partial charge in [-0.1, -0.05) is 43.7 Å². The molecule has 0 radical (unpaired) electrons. The summed E-state index contributed by atoms with van der Waals surface area (Å²) < 4.78 is 0. The molecule has 17 heavy (non-hydrogen) atoms. The van der Waals surface area contributed by atoms with Crippen LogP contribution in [0.15, 0.2) is 30.3 Å². The van der Waals surface area contributed by atoms with E-state index in [0.717, 1.165) is 25.0 Å². The average molecular weight is 232 g/mol. The van der Waals surface area contributed by atoms with Crippen LogP contribution >= 0.6 is 0 Å². The molecule has 0 aliphatic carbocycles. The third kappa shape index (κ3) is 3.08. The second kappa shape index (κ2) is 6.18. The Morgan fingerprint density at radius 3 is 2.65 bits per heavy atom. The standard InChI is InChI=1S/C15H24N2/c1-3-14(11-16-2)15-9-10-17(15)12-13-7-5-4-6-8-13/h4-8,14-16H,3,9-12H2,1-2H3. The van der Waals surface area contributed by atoms with Gasteiger partial charge in [0.15, 0.2) is 0 Å². The summed E-state index contributed by atoms with van der Waals surface area (Å²) in [5.41, 5.74) is 1.44. The van der Waals surface area contributed by atoms with Gasteiger partial charge in [-0.15, -0.1) is 0 Å². The van der Waals surface area contributed by atoms with Crippen LogP contribution in [0, 0.1) is 5.92 Å². The molecule has 0 spiro atoms. The summed E-state index contributed by atoms with van der Waals surface area (Å²) in [6.07, 6.45) is 2.64. The van der Waals surface area contributed by atoms with Gasteiger partial charge >= 0.3 is 0 Å². The second-order valence-electron chi connectivity index (χ2n) is 5.04. The molecule has 1 fully saturated rings. The van der Waals surface area contributed by atoms with E-state index in [-0.39, 0.29) is 0 Å². The zero-order valence-electron chi connectivity index (χ0n) is 11.0. The van der Waals surface area contributed by atoms with Crippen molar-refractivity contribution < 1.29 is 0 Å². The van der Waals surface area contributed by atoms with E-state index in [1.807, 2.05) is 0 Å². The number of hydrogen-bond donors (Lipinski definition) is 1. The first-order chi connectivity index (χ1) is 8.35. The van der Waals surface area contributed by atoms with Gasteiger partial charge in [0.1, 0.15) is 0 Å². The van der Waals surface area contributed by atoms with Crippen molar-refractivity contribution in [1.82, 2.24) is 10.2 Å². The summed E-state index contributed by atoms with van der Waals surface area (Å²) in [5.74, 6) is 0.803. The van der Waals surface area contributed by atoms with Crippen LogP contribution in [-0.4, -0.2) is 31.1 Å². The van der Waals surface area contributed by atoms with E-state index in [1.165, 1.54) is 24.9 Å². The Morgan fingerprint density at radius 2 is 2.12 bits per heavy atom. The highest BCUT2D eigenvalue weighted by Crippen LogP contribution is 2.28. The van der Waals surface area contributed by atoms with Gasteiger partial charge in [-0.05, 0) is 31.5 Å². The van der Waals surface area contributed by atoms with Gasteiger partial charge in [0.05, 0.1) is 0 Å². The first-order valence-electron chi connectivity index (χ1n) is 6.77. The molecular formula is C15H24N2. The van der Waals surface area contributed by atoms with Crippen LogP contribution < -0.4 is 5.32 Å². The van der Waals surface area contributed by atoms with E-state index in [4.69, 9.17) is 0 Å². The molecule has 2 rings (SSSR count). The zero-order valence-corrected chi connectivity index (χ0v) is 11.0. The third-order valence-electron chi connectivity index (χ3n) is 3.94. The first-order valence-corrected chi connectivity index (χ1v) is 6.77. The summed E-state index contributed by atoms with van der Waals surface area (Å²) in [5, 5.41) is 3.33. The van der Waals surface area contributed by atoms with E-state index in [0.29, 0.717) is 0 Å². The molecule has 0 aromatic heterocycles. The van der Waals surface area contributed by atoms with Gasteiger partial charge in [0.2, 0.25) is 0 Å². The average Bonchev–Trinajstić information content (AvgIpc) is 2.35. The van der Waals surface area contributed by atoms with Gasteiger partial charge in [0.25, 0.3) is 0 Å². The molecular weight excluding hydrogens is 208 g/mol. The van der Waals surface area contributed by atoms with E-state index in [2.05, 4.69) is 54.5 Å². The second-order valence-corrected chi connectivity index (χ2v) is 5.04. The zero-order chi connectivity index (χ0) is 12.1. The van der Waals surface area contributed by atoms with Crippen molar-refractivity contribution in [2.45, 2.75) is 32.4 Å². The molecule has 0 amide bonds. The summed E-state index contributed by atoms with van der Waals surface area (Å²) in [7, 11) is 2.06. The Morgan fingerprint density at radius 1 is 1.35 bits per heavy atom. The van der Waals surface area contributed by atoms with Crippen LogP contribution in [0.1, 0.15) is 25.3 Å². The van der Waals surface area contributed by atoms with Gasteiger partial charge in [-0.25, -0.2) is 0 Å². The smallest absolute Gasteiger partial charge is 0.0236 e. The number of benzene rings is 1. The van der Waals surface area contributed by atoms with Crippen molar-refractivity contribution in [3.63, 3.8) is 0 Å². The largest absolute Gasteiger partial charge is 0.319 e. The Bertz CT molecular complexity index is 323. The Hall–Kier alpha value is -0.860. The fourth-order valence-corrected chi connectivity index (χ4v) is 2.82. The molecule has 1 aliphatic heterocycles. The molecule has 1 aliphatic rings. The van der Waals surface area contributed by atoms with Crippen LogP contribution in [-0.2, 0) is 6.54 Å². The molecule has 2 heteroatoms. The fraction of sp³-hybridized carbons (Fsp3) is 0.600. The lowest BCUT2D eigenvalue weighted by Crippen LogP contribution is -2.52. The summed E-state index contributed by atoms with van der Waals surface area (Å²) >= 11 is 0. The predicted molar refractivity (Wildman–Crippen MR) is 73.0 cm³/mol. The lowest BCUT2D eigenvalue weighted by atomic mass is 9.86. The first kappa shape index (κ1) is 12.6. The molecule has 2 unspecified atom stereocenters. The Kier molecular flexibility index (Phi) is 4.57. The maximum atomic E-state index is 3.33. The SMILES string of the molecule is CCC(CNC)C1CCN1Cc1ccccc1. The highest BCUT2D eigenvalue weighted by atomic mass is 15.2. The van der Waals surface area contributed by atoms with Crippen molar-refractivity contribution in [3.8, 4) is 0 Å². The quantitative estimate of drug-likeness (QED) is 0.810. The highest BCUT2D eigenvalue weighted by Gasteiger charge is 2.33. The van der Waals surface area contributed by atoms with Crippen molar-refractivity contribution in [1.29, 1.82) is 0 Å². The van der Waals surface area contributed by atoms with Gasteiger partial charge in [-0.3, -0.25) is 4.90 Å². The number of rotatable bonds is 6. The van der Waals surface area contributed by atoms with E-state index >= 15 is 0 Å². The van der Waals surface area contributed by atoms with Crippen molar-refractivity contribution in [3.05, 3.63) is 35.9 Å². The van der Waals surface area contributed by atoms with Crippen LogP contribution in [0.4, 0.5) is 0 Å². The molecule has 1 saturated heterocycles. The minimum atomic E-state index is 0.785. The van der Waals surface area contributed by atoms with E-state index < -0.39 is 0 Å². The van der Waals surface area contributed by atoms with Crippen LogP contribution in [0.2, 0.25) is 0 Å². The van der Waals surface area contributed by atoms with Crippen LogP contribution in [0.3, 0.4) is 0 Å². The van der Waals surface area contributed by atoms with Gasteiger partial charge < -0.3 is 5.32 Å². The van der Waals surface area contributed by atoms with Crippen LogP contribution in [0.5, 0.6) is 0 Å². The molecule has 94 valence electrons. The minimum Gasteiger partial charge on any atom is -0.319 e. The summed E-state index contributed by atoms with van der Waals surface area (Å²) in [4.78, 5) is 2.63. The molecule has 2 nitrogen and oxygen atoms in total. The minimum absolute atomic E-state index is 0.785. The maximum Gasteiger partial charge on any atom is 0.0236 e. The molecule has 1 aromatic carbocycles. The Labute approximate surface area is 105 Å². The van der Waals surface area contributed by atoms with Crippen molar-refractivity contribution in [2.75, 3.05) is 20.1 Å². The molecule has 1 N–H and O–H groups in total. The van der Waals surface area contributed by atoms with Crippen LogP contribution in [0.25, 0.3) is 0 Å². The molecule has 2 atom stereocenters. The predicted octanol–water partition coefficient (Wildman–Crippen LogP) is 2.51. The lowest BCUT2D eigenvalue weighted by molar-refractivity contribution is 0.0356. The Balaban J connectivity index is 1.90. The third-order valence-corrected chi connectivity index (χ3v) is 3.94. The van der Waals surface area contributed by atoms with E-state index in [9.17, 15) is 0 Å². The topological polar surface area (TPSA) is 15.3 Å².